The molecule has 0 atom stereocenters. The van der Waals surface area contributed by atoms with E-state index in [1.807, 2.05) is 0 Å². The van der Waals surface area contributed by atoms with Crippen LogP contribution >= 0.6 is 0 Å². The van der Waals surface area contributed by atoms with E-state index in [4.69, 9.17) is 10.4 Å². The topological polar surface area (TPSA) is 90.2 Å². The first kappa shape index (κ1) is 12.5. The van der Waals surface area contributed by atoms with Crippen molar-refractivity contribution < 1.29 is 14.7 Å². The summed E-state index contributed by atoms with van der Waals surface area (Å²) in [6.45, 7) is 0. The number of amides is 1. The molecule has 5 heteroatoms. The first-order valence-corrected chi connectivity index (χ1v) is 5.52. The smallest absolute Gasteiger partial charge is 0.303 e. The predicted molar refractivity (Wildman–Crippen MR) is 56.4 cm³/mol. The van der Waals surface area contributed by atoms with E-state index < -0.39 is 11.5 Å². The van der Waals surface area contributed by atoms with Gasteiger partial charge in [0, 0.05) is 6.42 Å². The fourth-order valence-electron chi connectivity index (χ4n) is 1.97. The molecule has 1 saturated carbocycles. The standard InChI is InChI=1S/C11H16N2O3/c12-8-11(6-2-1-3-7-11)13-9(14)4-5-10(15)16/h1-7H2,(H,13,14)(H,15,16). The van der Waals surface area contributed by atoms with Crippen LogP contribution < -0.4 is 5.32 Å². The molecule has 1 fully saturated rings. The van der Waals surface area contributed by atoms with Gasteiger partial charge >= 0.3 is 5.97 Å². The van der Waals surface area contributed by atoms with Gasteiger partial charge in [0.05, 0.1) is 12.5 Å². The average Bonchev–Trinajstić information content (AvgIpc) is 2.28. The maximum atomic E-state index is 11.5. The molecular weight excluding hydrogens is 208 g/mol. The van der Waals surface area contributed by atoms with Gasteiger partial charge in [-0.3, -0.25) is 9.59 Å². The second-order valence-electron chi connectivity index (χ2n) is 4.20. The Morgan fingerprint density at radius 1 is 1.25 bits per heavy atom. The second-order valence-corrected chi connectivity index (χ2v) is 4.20. The van der Waals surface area contributed by atoms with Crippen LogP contribution in [0.1, 0.15) is 44.9 Å². The maximum Gasteiger partial charge on any atom is 0.303 e. The Balaban J connectivity index is 2.46. The van der Waals surface area contributed by atoms with Crippen LogP contribution in [0.25, 0.3) is 0 Å². The normalized spacial score (nSPS) is 18.4. The van der Waals surface area contributed by atoms with Crippen molar-refractivity contribution in [2.75, 3.05) is 0 Å². The molecule has 0 heterocycles. The zero-order valence-electron chi connectivity index (χ0n) is 9.16. The largest absolute Gasteiger partial charge is 0.481 e. The molecular formula is C11H16N2O3. The second kappa shape index (κ2) is 5.50. The van der Waals surface area contributed by atoms with Crippen LogP contribution in [0, 0.1) is 11.3 Å². The predicted octanol–water partition coefficient (Wildman–Crippen LogP) is 1.19. The Morgan fingerprint density at radius 2 is 1.88 bits per heavy atom. The fraction of sp³-hybridized carbons (Fsp3) is 0.727. The van der Waals surface area contributed by atoms with E-state index in [1.54, 1.807) is 0 Å². The summed E-state index contributed by atoms with van der Waals surface area (Å²) in [6, 6.07) is 2.16. The highest BCUT2D eigenvalue weighted by molar-refractivity contribution is 5.81. The van der Waals surface area contributed by atoms with Crippen molar-refractivity contribution in [3.8, 4) is 6.07 Å². The molecule has 1 amide bonds. The molecule has 0 spiro atoms. The highest BCUT2D eigenvalue weighted by Crippen LogP contribution is 2.27. The lowest BCUT2D eigenvalue weighted by molar-refractivity contribution is -0.139. The zero-order valence-corrected chi connectivity index (χ0v) is 9.16. The molecule has 0 aromatic rings. The highest BCUT2D eigenvalue weighted by atomic mass is 16.4. The summed E-state index contributed by atoms with van der Waals surface area (Å²) in [6.07, 6.45) is 4.06. The van der Waals surface area contributed by atoms with E-state index >= 15 is 0 Å². The van der Waals surface area contributed by atoms with Crippen molar-refractivity contribution in [2.24, 2.45) is 0 Å². The number of nitrogens with zero attached hydrogens (tertiary/aromatic N) is 1. The van der Waals surface area contributed by atoms with Crippen LogP contribution in [-0.2, 0) is 9.59 Å². The van der Waals surface area contributed by atoms with Crippen molar-refractivity contribution in [2.45, 2.75) is 50.5 Å². The van der Waals surface area contributed by atoms with Gasteiger partial charge in [0.1, 0.15) is 5.54 Å². The number of nitriles is 1. The molecule has 0 aliphatic heterocycles. The lowest BCUT2D eigenvalue weighted by atomic mass is 9.83. The number of carbonyl (C=O) groups excluding carboxylic acids is 1. The number of carboxylic acid groups (broad SMARTS) is 1. The molecule has 0 bridgehead atoms. The van der Waals surface area contributed by atoms with Gasteiger partial charge in [-0.15, -0.1) is 0 Å². The molecule has 16 heavy (non-hydrogen) atoms. The third kappa shape index (κ3) is 3.54. The maximum absolute atomic E-state index is 11.5. The molecule has 1 aliphatic rings. The van der Waals surface area contributed by atoms with Crippen molar-refractivity contribution in [1.29, 1.82) is 5.26 Å². The Kier molecular flexibility index (Phi) is 4.29. The summed E-state index contributed by atoms with van der Waals surface area (Å²) in [4.78, 5) is 21.8. The number of aliphatic carboxylic acids is 1. The molecule has 0 unspecified atom stereocenters. The Bertz CT molecular complexity index is 314. The third-order valence-corrected chi connectivity index (χ3v) is 2.87. The van der Waals surface area contributed by atoms with E-state index in [1.165, 1.54) is 0 Å². The van der Waals surface area contributed by atoms with Crippen LogP contribution in [0.5, 0.6) is 0 Å². The minimum absolute atomic E-state index is 0.0568. The first-order chi connectivity index (χ1) is 7.58. The summed E-state index contributed by atoms with van der Waals surface area (Å²) < 4.78 is 0. The quantitative estimate of drug-likeness (QED) is 0.750. The number of nitrogens with one attached hydrogen (secondary N) is 1. The van der Waals surface area contributed by atoms with Gasteiger partial charge in [0.2, 0.25) is 5.91 Å². The summed E-state index contributed by atoms with van der Waals surface area (Å²) >= 11 is 0. The Labute approximate surface area is 94.4 Å². The van der Waals surface area contributed by atoms with Gasteiger partial charge in [-0.25, -0.2) is 0 Å². The van der Waals surface area contributed by atoms with Crippen LogP contribution in [-0.4, -0.2) is 22.5 Å². The highest BCUT2D eigenvalue weighted by Gasteiger charge is 2.33. The van der Waals surface area contributed by atoms with Gasteiger partial charge in [-0.1, -0.05) is 19.3 Å². The van der Waals surface area contributed by atoms with Crippen molar-refractivity contribution in [3.05, 3.63) is 0 Å². The number of rotatable bonds is 4. The summed E-state index contributed by atoms with van der Waals surface area (Å²) in [5, 5.41) is 20.2. The van der Waals surface area contributed by atoms with E-state index in [2.05, 4.69) is 11.4 Å². The lowest BCUT2D eigenvalue weighted by Crippen LogP contribution is -2.48. The number of hydrogen-bond acceptors (Lipinski definition) is 3. The van der Waals surface area contributed by atoms with Crippen LogP contribution in [0.15, 0.2) is 0 Å². The lowest BCUT2D eigenvalue weighted by Gasteiger charge is -2.31. The van der Waals surface area contributed by atoms with E-state index in [9.17, 15) is 9.59 Å². The summed E-state index contributed by atoms with van der Waals surface area (Å²) in [7, 11) is 0. The zero-order chi connectivity index (χ0) is 12.0. The van der Waals surface area contributed by atoms with Crippen LogP contribution in [0.4, 0.5) is 0 Å². The third-order valence-electron chi connectivity index (χ3n) is 2.87. The molecule has 5 nitrogen and oxygen atoms in total. The van der Waals surface area contributed by atoms with Gasteiger partial charge < -0.3 is 10.4 Å². The molecule has 0 saturated heterocycles. The van der Waals surface area contributed by atoms with Gasteiger partial charge in [0.25, 0.3) is 0 Å². The SMILES string of the molecule is N#CC1(NC(=O)CCC(=O)O)CCCCC1. The van der Waals surface area contributed by atoms with Gasteiger partial charge in [-0.2, -0.15) is 5.26 Å². The van der Waals surface area contributed by atoms with Crippen molar-refractivity contribution in [1.82, 2.24) is 5.32 Å². The number of hydrogen-bond donors (Lipinski definition) is 2. The van der Waals surface area contributed by atoms with Crippen LogP contribution in [0.3, 0.4) is 0 Å². The molecule has 0 aromatic carbocycles. The summed E-state index contributed by atoms with van der Waals surface area (Å²) in [5.41, 5.74) is -0.756. The molecule has 1 aliphatic carbocycles. The molecule has 2 N–H and O–H groups in total. The molecule has 88 valence electrons. The van der Waals surface area contributed by atoms with E-state index in [0.29, 0.717) is 12.8 Å². The average molecular weight is 224 g/mol. The van der Waals surface area contributed by atoms with Crippen LogP contribution in [0.2, 0.25) is 0 Å². The van der Waals surface area contributed by atoms with Gasteiger partial charge in [0.15, 0.2) is 0 Å². The van der Waals surface area contributed by atoms with E-state index in [-0.39, 0.29) is 18.7 Å². The minimum atomic E-state index is -0.996. The van der Waals surface area contributed by atoms with Gasteiger partial charge in [-0.05, 0) is 12.8 Å². The number of carbonyl (C=O) groups is 2. The monoisotopic (exact) mass is 224 g/mol. The molecule has 1 rings (SSSR count). The van der Waals surface area contributed by atoms with Crippen molar-refractivity contribution >= 4 is 11.9 Å². The Hall–Kier alpha value is -1.57. The fourth-order valence-corrected chi connectivity index (χ4v) is 1.97. The van der Waals surface area contributed by atoms with E-state index in [0.717, 1.165) is 19.3 Å². The minimum Gasteiger partial charge on any atom is -0.481 e. The molecule has 0 aromatic heterocycles. The first-order valence-electron chi connectivity index (χ1n) is 5.52. The Morgan fingerprint density at radius 3 is 2.38 bits per heavy atom. The number of carboxylic acids is 1. The summed E-state index contributed by atoms with van der Waals surface area (Å²) in [5.74, 6) is -1.34. The van der Waals surface area contributed by atoms with Crippen molar-refractivity contribution in [3.63, 3.8) is 0 Å². The molecule has 0 radical (unpaired) electrons.